The number of hydrogen-bond donors (Lipinski definition) is 2. The van der Waals surface area contributed by atoms with Crippen LogP contribution in [-0.4, -0.2) is 86.0 Å². The number of piperazine rings is 1. The molecule has 2 fully saturated rings. The molecule has 4 aliphatic rings. The van der Waals surface area contributed by atoms with Gasteiger partial charge >= 0.3 is 0 Å². The number of ketones is 1. The minimum absolute atomic E-state index is 0.0386. The van der Waals surface area contributed by atoms with E-state index in [1.807, 2.05) is 0 Å². The molecule has 4 heterocycles. The number of fused-ring (bicyclic) bond motifs is 1. The van der Waals surface area contributed by atoms with E-state index in [4.69, 9.17) is 5.73 Å². The van der Waals surface area contributed by atoms with E-state index in [-0.39, 0.29) is 24.6 Å². The highest BCUT2D eigenvalue weighted by Crippen LogP contribution is 2.34. The lowest BCUT2D eigenvalue weighted by Gasteiger charge is -2.38. The quantitative estimate of drug-likeness (QED) is 0.575. The summed E-state index contributed by atoms with van der Waals surface area (Å²) in [5, 5.41) is 10.6. The van der Waals surface area contributed by atoms with Crippen LogP contribution < -0.4 is 11.1 Å². The van der Waals surface area contributed by atoms with Crippen molar-refractivity contribution in [3.8, 4) is 0 Å². The second-order valence-electron chi connectivity index (χ2n) is 8.85. The highest BCUT2D eigenvalue weighted by molar-refractivity contribution is 6.43. The van der Waals surface area contributed by atoms with E-state index in [0.717, 1.165) is 19.0 Å². The fourth-order valence-corrected chi connectivity index (χ4v) is 5.02. The van der Waals surface area contributed by atoms with Gasteiger partial charge in [0.1, 0.15) is 5.83 Å². The smallest absolute Gasteiger partial charge is 0.294 e. The molecule has 1 saturated carbocycles. The molecule has 2 unspecified atom stereocenters. The summed E-state index contributed by atoms with van der Waals surface area (Å²) < 4.78 is 16.1. The van der Waals surface area contributed by atoms with Gasteiger partial charge in [0.2, 0.25) is 11.7 Å². The maximum atomic E-state index is 14.7. The van der Waals surface area contributed by atoms with Crippen molar-refractivity contribution in [3.63, 3.8) is 0 Å². The van der Waals surface area contributed by atoms with Crippen LogP contribution in [-0.2, 0) is 14.4 Å². The van der Waals surface area contributed by atoms with Crippen LogP contribution in [0.4, 0.5) is 4.39 Å². The minimum atomic E-state index is -0.972. The van der Waals surface area contributed by atoms with Crippen molar-refractivity contribution in [2.75, 3.05) is 26.2 Å². The number of nitrogens with one attached hydrogen (secondary N) is 1. The van der Waals surface area contributed by atoms with Crippen molar-refractivity contribution < 1.29 is 18.8 Å². The van der Waals surface area contributed by atoms with Gasteiger partial charge in [-0.15, -0.1) is 5.10 Å². The van der Waals surface area contributed by atoms with E-state index in [1.54, 1.807) is 11.1 Å². The maximum absolute atomic E-state index is 14.7. The summed E-state index contributed by atoms with van der Waals surface area (Å²) in [5.74, 6) is -2.78. The zero-order chi connectivity index (χ0) is 23.2. The molecule has 11 nitrogen and oxygen atoms in total. The number of carbonyl (C=O) groups excluding carboxylic acids is 3. The summed E-state index contributed by atoms with van der Waals surface area (Å²) in [6.45, 7) is 1.09. The second-order valence-corrected chi connectivity index (χ2v) is 8.85. The molecule has 0 bridgehead atoms. The summed E-state index contributed by atoms with van der Waals surface area (Å²) in [5.41, 5.74) is 5.50. The van der Waals surface area contributed by atoms with Crippen molar-refractivity contribution in [3.05, 3.63) is 36.2 Å². The summed E-state index contributed by atoms with van der Waals surface area (Å²) in [4.78, 5) is 46.0. The number of amides is 2. The molecule has 33 heavy (non-hydrogen) atoms. The average molecular weight is 456 g/mol. The van der Waals surface area contributed by atoms with E-state index in [9.17, 15) is 18.8 Å². The molecule has 1 saturated heterocycles. The van der Waals surface area contributed by atoms with E-state index < -0.39 is 35.0 Å². The van der Waals surface area contributed by atoms with Crippen LogP contribution in [0.25, 0.3) is 0 Å². The first-order valence-electron chi connectivity index (χ1n) is 11.1. The van der Waals surface area contributed by atoms with Gasteiger partial charge in [-0.1, -0.05) is 18.1 Å². The van der Waals surface area contributed by atoms with Gasteiger partial charge in [0.15, 0.2) is 5.84 Å². The molecule has 12 heteroatoms. The van der Waals surface area contributed by atoms with Crippen LogP contribution in [0.15, 0.2) is 41.2 Å². The van der Waals surface area contributed by atoms with Gasteiger partial charge in [-0.2, -0.15) is 0 Å². The van der Waals surface area contributed by atoms with Crippen LogP contribution in [0.1, 0.15) is 25.7 Å². The number of nitrogens with zero attached hydrogens (tertiary/aromatic N) is 6. The summed E-state index contributed by atoms with van der Waals surface area (Å²) in [6, 6.07) is -0.676. The molecule has 1 aromatic rings. The Morgan fingerprint density at radius 3 is 2.48 bits per heavy atom. The van der Waals surface area contributed by atoms with Crippen molar-refractivity contribution in [2.45, 2.75) is 37.3 Å². The molecule has 3 aliphatic heterocycles. The largest absolute Gasteiger partial charge is 0.380 e. The minimum Gasteiger partial charge on any atom is -0.380 e. The van der Waals surface area contributed by atoms with Gasteiger partial charge in [-0.3, -0.25) is 14.4 Å². The van der Waals surface area contributed by atoms with E-state index in [2.05, 4.69) is 20.6 Å². The Balaban J connectivity index is 1.24. The third-order valence-electron chi connectivity index (χ3n) is 6.87. The van der Waals surface area contributed by atoms with Crippen molar-refractivity contribution >= 4 is 23.4 Å². The Morgan fingerprint density at radius 1 is 1.12 bits per heavy atom. The number of Topliss-reactive ketones (excluding diaryl/α,β-unsaturated/α-hetero) is 1. The molecule has 1 aliphatic carbocycles. The van der Waals surface area contributed by atoms with Crippen LogP contribution in [0, 0.1) is 5.92 Å². The van der Waals surface area contributed by atoms with Gasteiger partial charge in [0.05, 0.1) is 36.1 Å². The monoisotopic (exact) mass is 456 g/mol. The SMILES string of the molecule is NC1(C(=O)N2CCN(C(=O)C(=O)C3=CNC4C(n5ccnn5)=NC=C(F)C34)CC2)CCCC1. The first kappa shape index (κ1) is 21.4. The highest BCUT2D eigenvalue weighted by Gasteiger charge is 2.45. The number of carbonyl (C=O) groups is 3. The lowest BCUT2D eigenvalue weighted by Crippen LogP contribution is -2.59. The number of hydrogen-bond acceptors (Lipinski definition) is 8. The van der Waals surface area contributed by atoms with Gasteiger partial charge in [-0.25, -0.2) is 14.1 Å². The molecule has 3 N–H and O–H groups in total. The molecular formula is C21H25FN8O3. The van der Waals surface area contributed by atoms with Crippen molar-refractivity contribution in [2.24, 2.45) is 16.6 Å². The summed E-state index contributed by atoms with van der Waals surface area (Å²) in [6.07, 6.45) is 8.67. The number of aliphatic imine (C=N–C) groups is 1. The summed E-state index contributed by atoms with van der Waals surface area (Å²) >= 11 is 0. The lowest BCUT2D eigenvalue weighted by molar-refractivity contribution is -0.147. The third-order valence-corrected chi connectivity index (χ3v) is 6.87. The molecule has 5 rings (SSSR count). The molecule has 174 valence electrons. The predicted molar refractivity (Wildman–Crippen MR) is 114 cm³/mol. The van der Waals surface area contributed by atoms with E-state index in [0.29, 0.717) is 31.8 Å². The molecule has 0 radical (unpaired) electrons. The normalized spacial score (nSPS) is 26.2. The van der Waals surface area contributed by atoms with E-state index >= 15 is 0 Å². The van der Waals surface area contributed by atoms with Crippen LogP contribution in [0.3, 0.4) is 0 Å². The van der Waals surface area contributed by atoms with E-state index in [1.165, 1.54) is 22.0 Å². The lowest BCUT2D eigenvalue weighted by atomic mass is 9.88. The van der Waals surface area contributed by atoms with Gasteiger partial charge in [-0.05, 0) is 12.8 Å². The first-order chi connectivity index (χ1) is 15.9. The average Bonchev–Trinajstić information content (AvgIpc) is 3.60. The Kier molecular flexibility index (Phi) is 5.31. The maximum Gasteiger partial charge on any atom is 0.294 e. The van der Waals surface area contributed by atoms with Crippen LogP contribution in [0.5, 0.6) is 0 Å². The molecule has 2 amide bonds. The van der Waals surface area contributed by atoms with Crippen LogP contribution in [0.2, 0.25) is 0 Å². The first-order valence-corrected chi connectivity index (χ1v) is 11.1. The Morgan fingerprint density at radius 2 is 1.82 bits per heavy atom. The third kappa shape index (κ3) is 3.63. The molecule has 1 aromatic heterocycles. The van der Waals surface area contributed by atoms with Crippen LogP contribution >= 0.6 is 0 Å². The molecule has 0 spiro atoms. The topological polar surface area (TPSA) is 139 Å². The van der Waals surface area contributed by atoms with Gasteiger partial charge in [0.25, 0.3) is 5.91 Å². The molecule has 2 atom stereocenters. The number of aromatic nitrogens is 3. The Bertz CT molecular complexity index is 1070. The highest BCUT2D eigenvalue weighted by atomic mass is 19.1. The fourth-order valence-electron chi connectivity index (χ4n) is 5.02. The predicted octanol–water partition coefficient (Wildman–Crippen LogP) is -0.667. The number of nitrogens with two attached hydrogens (primary N) is 1. The molecule has 0 aromatic carbocycles. The Labute approximate surface area is 189 Å². The van der Waals surface area contributed by atoms with Gasteiger partial charge < -0.3 is 20.9 Å². The zero-order valence-electron chi connectivity index (χ0n) is 18.0. The van der Waals surface area contributed by atoms with Crippen molar-refractivity contribution in [1.29, 1.82) is 0 Å². The summed E-state index contributed by atoms with van der Waals surface area (Å²) in [7, 11) is 0. The number of halogens is 1. The standard InChI is InChI=1S/C21H25FN8O3/c22-14-12-25-18(30-6-5-26-27-30)16-15(14)13(11-24-16)17(31)19(32)28-7-9-29(10-8-28)20(33)21(23)3-1-2-4-21/h5-6,11-12,15-16,24H,1-4,7-10,23H2. The number of rotatable bonds is 3. The van der Waals surface area contributed by atoms with Gasteiger partial charge in [0, 0.05) is 38.0 Å². The second kappa shape index (κ2) is 8.18. The molecular weight excluding hydrogens is 431 g/mol. The Hall–Kier alpha value is -3.41. The zero-order valence-corrected chi connectivity index (χ0v) is 18.0. The van der Waals surface area contributed by atoms with Crippen molar-refractivity contribution in [1.82, 2.24) is 30.1 Å². The fraction of sp³-hybridized carbons (Fsp3) is 0.524.